The van der Waals surface area contributed by atoms with Crippen LogP contribution in [0.15, 0.2) is 71.8 Å². The Morgan fingerprint density at radius 2 is 1.97 bits per heavy atom. The average Bonchev–Trinajstić information content (AvgIpc) is 3.20. The third kappa shape index (κ3) is 4.07. The number of aryl methyl sites for hydroxylation is 2. The molecule has 31 heavy (non-hydrogen) atoms. The molecule has 4 rings (SSSR count). The molecule has 1 unspecified atom stereocenters. The highest BCUT2D eigenvalue weighted by atomic mass is 16.5. The normalized spacial score (nSPS) is 12.0. The summed E-state index contributed by atoms with van der Waals surface area (Å²) in [5.41, 5.74) is 2.25. The van der Waals surface area contributed by atoms with Gasteiger partial charge in [0, 0.05) is 30.9 Å². The van der Waals surface area contributed by atoms with Crippen molar-refractivity contribution in [3.63, 3.8) is 0 Å². The summed E-state index contributed by atoms with van der Waals surface area (Å²) in [7, 11) is 3.47. The zero-order valence-electron chi connectivity index (χ0n) is 17.7. The van der Waals surface area contributed by atoms with Gasteiger partial charge in [-0.15, -0.1) is 0 Å². The maximum atomic E-state index is 13.1. The van der Waals surface area contributed by atoms with Crippen LogP contribution in [0.3, 0.4) is 0 Å². The van der Waals surface area contributed by atoms with Crippen LogP contribution in [0.4, 0.5) is 0 Å². The molecule has 7 nitrogen and oxygen atoms in total. The summed E-state index contributed by atoms with van der Waals surface area (Å²) in [4.78, 5) is 30.2. The maximum absolute atomic E-state index is 13.1. The number of fused-ring (bicyclic) bond motifs is 1. The molecule has 0 spiro atoms. The number of nitrogens with zero attached hydrogens (tertiary/aromatic N) is 3. The van der Waals surface area contributed by atoms with Crippen molar-refractivity contribution in [1.29, 1.82) is 0 Å². The van der Waals surface area contributed by atoms with E-state index in [0.29, 0.717) is 11.6 Å². The highest BCUT2D eigenvalue weighted by molar-refractivity contribution is 5.84. The van der Waals surface area contributed by atoms with E-state index in [1.54, 1.807) is 19.4 Å². The second-order valence-electron chi connectivity index (χ2n) is 7.44. The van der Waals surface area contributed by atoms with E-state index in [0.717, 1.165) is 22.0 Å². The Labute approximate surface area is 179 Å². The minimum Gasteiger partial charge on any atom is -0.497 e. The number of carbonyl (C=O) groups excluding carboxylic acids is 1. The first-order chi connectivity index (χ1) is 15.0. The van der Waals surface area contributed by atoms with Crippen molar-refractivity contribution in [1.82, 2.24) is 19.4 Å². The second-order valence-corrected chi connectivity index (χ2v) is 7.44. The lowest BCUT2D eigenvalue weighted by Crippen LogP contribution is -2.36. The first kappa shape index (κ1) is 20.4. The van der Waals surface area contributed by atoms with Crippen LogP contribution in [0.2, 0.25) is 0 Å². The summed E-state index contributed by atoms with van der Waals surface area (Å²) < 4.78 is 8.70. The molecule has 2 heterocycles. The average molecular weight is 416 g/mol. The molecule has 0 bridgehead atoms. The number of amides is 1. The second kappa shape index (κ2) is 8.47. The Kier molecular flexibility index (Phi) is 5.58. The number of methoxy groups -OCH3 is 1. The van der Waals surface area contributed by atoms with Crippen molar-refractivity contribution >= 4 is 16.8 Å². The number of hydrogen-bond donors (Lipinski definition) is 1. The Balaban J connectivity index is 1.69. The van der Waals surface area contributed by atoms with Gasteiger partial charge in [0.1, 0.15) is 24.2 Å². The standard InChI is InChI=1S/C24H24N4O3/c1-16-13-22(30)28(20-10-5-4-9-19(16)20)15-21(29)26-23(24-25-11-12-27(24)2)17-7-6-8-18(14-17)31-3/h4-14,23H,15H2,1-3H3,(H,26,29). The van der Waals surface area contributed by atoms with Gasteiger partial charge in [0.25, 0.3) is 5.56 Å². The fourth-order valence-electron chi connectivity index (χ4n) is 3.79. The number of pyridine rings is 1. The zero-order valence-corrected chi connectivity index (χ0v) is 17.7. The molecule has 0 fully saturated rings. The smallest absolute Gasteiger partial charge is 0.251 e. The van der Waals surface area contributed by atoms with Crippen LogP contribution in [-0.4, -0.2) is 27.1 Å². The van der Waals surface area contributed by atoms with Crippen LogP contribution in [0.25, 0.3) is 10.9 Å². The van der Waals surface area contributed by atoms with Gasteiger partial charge in [-0.3, -0.25) is 14.2 Å². The summed E-state index contributed by atoms with van der Waals surface area (Å²) in [6.07, 6.45) is 3.51. The van der Waals surface area contributed by atoms with Crippen LogP contribution in [0.5, 0.6) is 5.75 Å². The summed E-state index contributed by atoms with van der Waals surface area (Å²) >= 11 is 0. The number of hydrogen-bond acceptors (Lipinski definition) is 4. The summed E-state index contributed by atoms with van der Waals surface area (Å²) in [5, 5.41) is 3.99. The number of aromatic nitrogens is 3. The van der Waals surface area contributed by atoms with E-state index in [1.165, 1.54) is 4.57 Å². The highest BCUT2D eigenvalue weighted by Gasteiger charge is 2.22. The van der Waals surface area contributed by atoms with Gasteiger partial charge in [0.2, 0.25) is 5.91 Å². The number of rotatable bonds is 6. The molecule has 0 aliphatic heterocycles. The lowest BCUT2D eigenvalue weighted by molar-refractivity contribution is -0.122. The predicted molar refractivity (Wildman–Crippen MR) is 119 cm³/mol. The van der Waals surface area contributed by atoms with Crippen LogP contribution in [0.1, 0.15) is 23.0 Å². The topological polar surface area (TPSA) is 78.2 Å². The molecule has 0 saturated heterocycles. The Morgan fingerprint density at radius 1 is 1.16 bits per heavy atom. The molecule has 7 heteroatoms. The monoisotopic (exact) mass is 416 g/mol. The minimum absolute atomic E-state index is 0.0927. The number of para-hydroxylation sites is 1. The fourth-order valence-corrected chi connectivity index (χ4v) is 3.79. The molecule has 0 radical (unpaired) electrons. The molecule has 1 atom stereocenters. The number of carbonyl (C=O) groups is 1. The van der Waals surface area contributed by atoms with Crippen molar-refractivity contribution in [2.45, 2.75) is 19.5 Å². The van der Waals surface area contributed by atoms with Crippen LogP contribution < -0.4 is 15.6 Å². The summed E-state index contributed by atoms with van der Waals surface area (Å²) in [5.74, 6) is 1.08. The van der Waals surface area contributed by atoms with Crippen molar-refractivity contribution in [2.75, 3.05) is 7.11 Å². The SMILES string of the molecule is COc1cccc(C(NC(=O)Cn2c(=O)cc(C)c3ccccc32)c2nccn2C)c1. The van der Waals surface area contributed by atoms with Crippen molar-refractivity contribution in [3.8, 4) is 5.75 Å². The van der Waals surface area contributed by atoms with E-state index in [2.05, 4.69) is 10.3 Å². The number of nitrogens with one attached hydrogen (secondary N) is 1. The van der Waals surface area contributed by atoms with Gasteiger partial charge in [-0.05, 0) is 36.2 Å². The Bertz CT molecular complexity index is 1310. The van der Waals surface area contributed by atoms with Gasteiger partial charge in [0.05, 0.1) is 12.6 Å². The van der Waals surface area contributed by atoms with Gasteiger partial charge >= 0.3 is 0 Å². The molecular formula is C24H24N4O3. The molecular weight excluding hydrogens is 392 g/mol. The van der Waals surface area contributed by atoms with Gasteiger partial charge < -0.3 is 14.6 Å². The van der Waals surface area contributed by atoms with Gasteiger partial charge in [0.15, 0.2) is 0 Å². The van der Waals surface area contributed by atoms with Gasteiger partial charge in [-0.25, -0.2) is 4.98 Å². The molecule has 4 aromatic rings. The molecule has 1 amide bonds. The van der Waals surface area contributed by atoms with E-state index in [4.69, 9.17) is 4.74 Å². The lowest BCUT2D eigenvalue weighted by atomic mass is 10.1. The van der Waals surface area contributed by atoms with Gasteiger partial charge in [-0.1, -0.05) is 30.3 Å². The largest absolute Gasteiger partial charge is 0.497 e. The number of benzene rings is 2. The quantitative estimate of drug-likeness (QED) is 0.524. The highest BCUT2D eigenvalue weighted by Crippen LogP contribution is 2.24. The van der Waals surface area contributed by atoms with Crippen LogP contribution in [0, 0.1) is 6.92 Å². The molecule has 0 aliphatic rings. The van der Waals surface area contributed by atoms with Crippen LogP contribution in [-0.2, 0) is 18.4 Å². The van der Waals surface area contributed by atoms with Crippen LogP contribution >= 0.6 is 0 Å². The minimum atomic E-state index is -0.491. The van der Waals surface area contributed by atoms with E-state index >= 15 is 0 Å². The lowest BCUT2D eigenvalue weighted by Gasteiger charge is -2.20. The van der Waals surface area contributed by atoms with E-state index < -0.39 is 6.04 Å². The molecule has 0 aliphatic carbocycles. The molecule has 0 saturated carbocycles. The summed E-state index contributed by atoms with van der Waals surface area (Å²) in [6, 6.07) is 16.2. The molecule has 158 valence electrons. The predicted octanol–water partition coefficient (Wildman–Crippen LogP) is 2.96. The Morgan fingerprint density at radius 3 is 2.71 bits per heavy atom. The van der Waals surface area contributed by atoms with E-state index in [9.17, 15) is 9.59 Å². The van der Waals surface area contributed by atoms with E-state index in [1.807, 2.05) is 73.3 Å². The number of ether oxygens (including phenoxy) is 1. The third-order valence-corrected chi connectivity index (χ3v) is 5.38. The first-order valence-corrected chi connectivity index (χ1v) is 9.97. The van der Waals surface area contributed by atoms with Crippen molar-refractivity contribution in [2.24, 2.45) is 7.05 Å². The summed E-state index contributed by atoms with van der Waals surface area (Å²) in [6.45, 7) is 1.80. The molecule has 2 aromatic carbocycles. The molecule has 1 N–H and O–H groups in total. The van der Waals surface area contributed by atoms with E-state index in [-0.39, 0.29) is 18.0 Å². The van der Waals surface area contributed by atoms with Gasteiger partial charge in [-0.2, -0.15) is 0 Å². The van der Waals surface area contributed by atoms with Crippen molar-refractivity contribution in [3.05, 3.63) is 94.3 Å². The zero-order chi connectivity index (χ0) is 22.0. The Hall–Kier alpha value is -3.87. The van der Waals surface area contributed by atoms with Crippen molar-refractivity contribution < 1.29 is 9.53 Å². The fraction of sp³-hybridized carbons (Fsp3) is 0.208. The molecule has 2 aromatic heterocycles. The third-order valence-electron chi connectivity index (χ3n) is 5.38. The maximum Gasteiger partial charge on any atom is 0.251 e. The first-order valence-electron chi connectivity index (χ1n) is 9.97. The number of imidazole rings is 1.